The minimum absolute atomic E-state index is 0.0104. The van der Waals surface area contributed by atoms with Crippen LogP contribution < -0.4 is 0 Å². The molecule has 30 heavy (non-hydrogen) atoms. The quantitative estimate of drug-likeness (QED) is 0.484. The number of rotatable bonds is 4. The molecule has 1 aliphatic carbocycles. The molecule has 0 saturated heterocycles. The van der Waals surface area contributed by atoms with E-state index in [0.717, 1.165) is 16.7 Å². The molecule has 3 heteroatoms. The second kappa shape index (κ2) is 7.91. The van der Waals surface area contributed by atoms with Crippen molar-refractivity contribution in [2.75, 3.05) is 0 Å². The Hall–Kier alpha value is -3.20. The van der Waals surface area contributed by atoms with Gasteiger partial charge >= 0.3 is 5.97 Å². The molecule has 3 nitrogen and oxygen atoms in total. The van der Waals surface area contributed by atoms with Gasteiger partial charge in [0, 0.05) is 11.1 Å². The molecule has 0 amide bonds. The number of carbonyl (C=O) groups is 2. The van der Waals surface area contributed by atoms with Gasteiger partial charge in [0.15, 0.2) is 5.78 Å². The maximum Gasteiger partial charge on any atom is 0.338 e. The van der Waals surface area contributed by atoms with Crippen molar-refractivity contribution in [2.24, 2.45) is 0 Å². The third kappa shape index (κ3) is 3.35. The average molecular weight is 399 g/mol. The maximum absolute atomic E-state index is 13.4. The van der Waals surface area contributed by atoms with E-state index in [-0.39, 0.29) is 5.78 Å². The van der Waals surface area contributed by atoms with Gasteiger partial charge in [0.05, 0.1) is 11.5 Å². The van der Waals surface area contributed by atoms with E-state index >= 15 is 0 Å². The SMILES string of the molecule is Cc1c(C(C)C)ccc(C2C(=O)c3ccccc3C2OC(=O)c2ccccc2)c1C. The fourth-order valence-corrected chi connectivity index (χ4v) is 4.47. The highest BCUT2D eigenvalue weighted by Crippen LogP contribution is 2.46. The van der Waals surface area contributed by atoms with Gasteiger partial charge in [0.25, 0.3) is 0 Å². The Morgan fingerprint density at radius 3 is 2.20 bits per heavy atom. The molecule has 152 valence electrons. The fraction of sp³-hybridized carbons (Fsp3) is 0.259. The van der Waals surface area contributed by atoms with Crippen LogP contribution >= 0.6 is 0 Å². The highest BCUT2D eigenvalue weighted by molar-refractivity contribution is 6.06. The molecular weight excluding hydrogens is 372 g/mol. The van der Waals surface area contributed by atoms with E-state index in [0.29, 0.717) is 17.0 Å². The zero-order valence-electron chi connectivity index (χ0n) is 17.8. The van der Waals surface area contributed by atoms with Gasteiger partial charge < -0.3 is 4.74 Å². The predicted octanol–water partition coefficient (Wildman–Crippen LogP) is 6.31. The first-order valence-electron chi connectivity index (χ1n) is 10.4. The smallest absolute Gasteiger partial charge is 0.338 e. The van der Waals surface area contributed by atoms with Crippen LogP contribution in [0, 0.1) is 13.8 Å². The third-order valence-corrected chi connectivity index (χ3v) is 6.19. The Kier molecular flexibility index (Phi) is 5.29. The first-order chi connectivity index (χ1) is 14.4. The van der Waals surface area contributed by atoms with Crippen LogP contribution in [-0.2, 0) is 4.74 Å². The van der Waals surface area contributed by atoms with E-state index in [1.54, 1.807) is 24.3 Å². The number of hydrogen-bond acceptors (Lipinski definition) is 3. The van der Waals surface area contributed by atoms with E-state index in [2.05, 4.69) is 33.8 Å². The molecule has 0 spiro atoms. The maximum atomic E-state index is 13.4. The van der Waals surface area contributed by atoms with Gasteiger partial charge in [-0.1, -0.05) is 68.4 Å². The van der Waals surface area contributed by atoms with Crippen LogP contribution in [0.25, 0.3) is 0 Å². The molecule has 2 atom stereocenters. The minimum Gasteiger partial charge on any atom is -0.453 e. The molecule has 0 radical (unpaired) electrons. The summed E-state index contributed by atoms with van der Waals surface area (Å²) < 4.78 is 5.97. The Balaban J connectivity index is 1.79. The molecule has 1 aliphatic rings. The summed E-state index contributed by atoms with van der Waals surface area (Å²) in [7, 11) is 0. The van der Waals surface area contributed by atoms with Crippen molar-refractivity contribution < 1.29 is 14.3 Å². The van der Waals surface area contributed by atoms with Crippen molar-refractivity contribution in [3.63, 3.8) is 0 Å². The third-order valence-electron chi connectivity index (χ3n) is 6.19. The lowest BCUT2D eigenvalue weighted by Crippen LogP contribution is -2.19. The zero-order valence-corrected chi connectivity index (χ0v) is 17.8. The molecule has 0 N–H and O–H groups in total. The molecular formula is C27H26O3. The first kappa shape index (κ1) is 20.1. The van der Waals surface area contributed by atoms with E-state index in [1.807, 2.05) is 36.4 Å². The molecule has 0 saturated carbocycles. The van der Waals surface area contributed by atoms with E-state index in [9.17, 15) is 9.59 Å². The standard InChI is InChI=1S/C27H26O3/c1-16(2)20-14-15-21(18(4)17(20)3)24-25(28)22-12-8-9-13-23(22)26(24)30-27(29)19-10-6-5-7-11-19/h5-16,24,26H,1-4H3. The van der Waals surface area contributed by atoms with Gasteiger partial charge in [-0.3, -0.25) is 4.79 Å². The summed E-state index contributed by atoms with van der Waals surface area (Å²) in [5.74, 6) is -0.532. The second-order valence-electron chi connectivity index (χ2n) is 8.27. The van der Waals surface area contributed by atoms with Crippen LogP contribution in [0.1, 0.15) is 80.3 Å². The molecule has 4 rings (SSSR count). The number of Topliss-reactive ketones (excluding diaryl/α,β-unsaturated/α-hetero) is 1. The predicted molar refractivity (Wildman–Crippen MR) is 118 cm³/mol. The molecule has 3 aromatic rings. The van der Waals surface area contributed by atoms with Crippen LogP contribution in [-0.4, -0.2) is 11.8 Å². The monoisotopic (exact) mass is 398 g/mol. The van der Waals surface area contributed by atoms with Gasteiger partial charge in [-0.05, 0) is 54.2 Å². The number of ketones is 1. The lowest BCUT2D eigenvalue weighted by molar-refractivity contribution is 0.0258. The molecule has 0 heterocycles. The summed E-state index contributed by atoms with van der Waals surface area (Å²) in [6, 6.07) is 20.5. The number of benzene rings is 3. The largest absolute Gasteiger partial charge is 0.453 e. The lowest BCUT2D eigenvalue weighted by atomic mass is 9.84. The van der Waals surface area contributed by atoms with Crippen molar-refractivity contribution in [2.45, 2.75) is 45.6 Å². The number of hydrogen-bond donors (Lipinski definition) is 0. The van der Waals surface area contributed by atoms with Crippen molar-refractivity contribution in [3.8, 4) is 0 Å². The Morgan fingerprint density at radius 2 is 1.50 bits per heavy atom. The van der Waals surface area contributed by atoms with Crippen LogP contribution in [0.4, 0.5) is 0 Å². The van der Waals surface area contributed by atoms with Gasteiger partial charge in [-0.15, -0.1) is 0 Å². The minimum atomic E-state index is -0.635. The molecule has 2 unspecified atom stereocenters. The van der Waals surface area contributed by atoms with E-state index in [1.165, 1.54) is 11.1 Å². The summed E-state index contributed by atoms with van der Waals surface area (Å²) in [6.07, 6.45) is -0.635. The Bertz CT molecular complexity index is 1110. The number of carbonyl (C=O) groups excluding carboxylic acids is 2. The molecule has 0 aromatic heterocycles. The molecule has 0 bridgehead atoms. The fourth-order valence-electron chi connectivity index (χ4n) is 4.47. The van der Waals surface area contributed by atoms with E-state index in [4.69, 9.17) is 4.74 Å². The highest BCUT2D eigenvalue weighted by atomic mass is 16.5. The van der Waals surface area contributed by atoms with E-state index < -0.39 is 18.0 Å². The van der Waals surface area contributed by atoms with Crippen LogP contribution in [0.3, 0.4) is 0 Å². The molecule has 3 aromatic carbocycles. The van der Waals surface area contributed by atoms with Gasteiger partial charge in [0.1, 0.15) is 6.10 Å². The van der Waals surface area contributed by atoms with Crippen LogP contribution in [0.15, 0.2) is 66.7 Å². The number of ether oxygens (including phenoxy) is 1. The van der Waals surface area contributed by atoms with Crippen LogP contribution in [0.2, 0.25) is 0 Å². The van der Waals surface area contributed by atoms with Gasteiger partial charge in [-0.25, -0.2) is 4.79 Å². The average Bonchev–Trinajstić information content (AvgIpc) is 3.02. The zero-order chi connectivity index (χ0) is 21.4. The first-order valence-corrected chi connectivity index (χ1v) is 10.4. The van der Waals surface area contributed by atoms with Crippen molar-refractivity contribution in [3.05, 3.63) is 106 Å². The summed E-state index contributed by atoms with van der Waals surface area (Å²) in [6.45, 7) is 8.50. The summed E-state index contributed by atoms with van der Waals surface area (Å²) in [5.41, 5.74) is 6.39. The summed E-state index contributed by atoms with van der Waals surface area (Å²) in [5, 5.41) is 0. The summed E-state index contributed by atoms with van der Waals surface area (Å²) in [4.78, 5) is 26.3. The number of esters is 1. The van der Waals surface area contributed by atoms with Gasteiger partial charge in [-0.2, -0.15) is 0 Å². The molecule has 0 fully saturated rings. The van der Waals surface area contributed by atoms with Crippen LogP contribution in [0.5, 0.6) is 0 Å². The summed E-state index contributed by atoms with van der Waals surface area (Å²) >= 11 is 0. The van der Waals surface area contributed by atoms with Gasteiger partial charge in [0.2, 0.25) is 0 Å². The Labute approximate surface area is 177 Å². The van der Waals surface area contributed by atoms with Crippen molar-refractivity contribution >= 4 is 11.8 Å². The lowest BCUT2D eigenvalue weighted by Gasteiger charge is -2.24. The van der Waals surface area contributed by atoms with Crippen molar-refractivity contribution in [1.82, 2.24) is 0 Å². The highest BCUT2D eigenvalue weighted by Gasteiger charge is 2.44. The van der Waals surface area contributed by atoms with Crippen molar-refractivity contribution in [1.29, 1.82) is 0 Å². The Morgan fingerprint density at radius 1 is 0.833 bits per heavy atom. The second-order valence-corrected chi connectivity index (χ2v) is 8.27. The number of fused-ring (bicyclic) bond motifs is 1. The normalized spacial score (nSPS) is 17.8. The topological polar surface area (TPSA) is 43.4 Å². The molecule has 0 aliphatic heterocycles.